The molecular formula is C28H26N6O2+2. The molecule has 0 radical (unpaired) electrons. The van der Waals surface area contributed by atoms with Crippen LogP contribution in [0, 0.1) is 0 Å². The summed E-state index contributed by atoms with van der Waals surface area (Å²) in [6.07, 6.45) is 11.2. The smallest absolute Gasteiger partial charge is 0.266 e. The summed E-state index contributed by atoms with van der Waals surface area (Å²) in [5.41, 5.74) is 3.12. The third kappa shape index (κ3) is 5.56. The van der Waals surface area contributed by atoms with Gasteiger partial charge in [0.15, 0.2) is 13.1 Å². The van der Waals surface area contributed by atoms with Gasteiger partial charge in [0.2, 0.25) is 12.7 Å². The SMILES string of the molecule is O=C(C[n+]1ccn(-c2ccccc2)c1)Nc1ccccc1NC(=O)C[n+]1ccn(-c2ccccc2)c1. The summed E-state index contributed by atoms with van der Waals surface area (Å²) in [6, 6.07) is 27.0. The van der Waals surface area contributed by atoms with E-state index in [1.807, 2.05) is 119 Å². The first-order valence-electron chi connectivity index (χ1n) is 11.6. The fourth-order valence-electron chi connectivity index (χ4n) is 3.89. The van der Waals surface area contributed by atoms with Gasteiger partial charge in [-0.15, -0.1) is 0 Å². The summed E-state index contributed by atoms with van der Waals surface area (Å²) < 4.78 is 7.50. The number of hydrogen-bond acceptors (Lipinski definition) is 2. The first kappa shape index (κ1) is 22.8. The van der Waals surface area contributed by atoms with E-state index in [0.717, 1.165) is 11.4 Å². The molecule has 5 aromatic rings. The van der Waals surface area contributed by atoms with Crippen molar-refractivity contribution in [3.05, 3.63) is 122 Å². The Morgan fingerprint density at radius 2 is 0.972 bits per heavy atom. The minimum absolute atomic E-state index is 0.144. The molecule has 0 unspecified atom stereocenters. The molecule has 178 valence electrons. The van der Waals surface area contributed by atoms with Crippen molar-refractivity contribution in [1.29, 1.82) is 0 Å². The van der Waals surface area contributed by atoms with Gasteiger partial charge in [-0.3, -0.25) is 9.59 Å². The van der Waals surface area contributed by atoms with Gasteiger partial charge in [0.25, 0.3) is 11.8 Å². The second kappa shape index (κ2) is 10.5. The average Bonchev–Trinajstić information content (AvgIpc) is 3.56. The van der Waals surface area contributed by atoms with Crippen molar-refractivity contribution in [2.24, 2.45) is 0 Å². The lowest BCUT2D eigenvalue weighted by Gasteiger charge is -2.11. The fourth-order valence-corrected chi connectivity index (χ4v) is 3.89. The maximum absolute atomic E-state index is 12.7. The van der Waals surface area contributed by atoms with Crippen LogP contribution in [0.1, 0.15) is 0 Å². The lowest BCUT2D eigenvalue weighted by atomic mass is 10.2. The Hall–Kier alpha value is -4.98. The summed E-state index contributed by atoms with van der Waals surface area (Å²) in [6.45, 7) is 0.288. The van der Waals surface area contributed by atoms with E-state index in [1.54, 1.807) is 21.3 Å². The molecule has 3 aromatic carbocycles. The van der Waals surface area contributed by atoms with Crippen LogP contribution in [0.15, 0.2) is 122 Å². The van der Waals surface area contributed by atoms with Gasteiger partial charge in [0, 0.05) is 0 Å². The Morgan fingerprint density at radius 3 is 1.39 bits per heavy atom. The molecule has 0 aliphatic heterocycles. The zero-order valence-electron chi connectivity index (χ0n) is 19.6. The minimum Gasteiger partial charge on any atom is -0.321 e. The molecule has 0 saturated heterocycles. The highest BCUT2D eigenvalue weighted by Gasteiger charge is 2.15. The van der Waals surface area contributed by atoms with Crippen molar-refractivity contribution in [3.8, 4) is 11.4 Å². The van der Waals surface area contributed by atoms with E-state index in [0.29, 0.717) is 11.4 Å². The normalized spacial score (nSPS) is 10.7. The maximum atomic E-state index is 12.7. The van der Waals surface area contributed by atoms with Gasteiger partial charge in [0.05, 0.1) is 11.4 Å². The largest absolute Gasteiger partial charge is 0.321 e. The summed E-state index contributed by atoms with van der Waals surface area (Å²) in [5, 5.41) is 5.82. The molecule has 2 aromatic heterocycles. The Bertz CT molecular complexity index is 1360. The molecule has 36 heavy (non-hydrogen) atoms. The molecule has 0 spiro atoms. The van der Waals surface area contributed by atoms with E-state index in [9.17, 15) is 9.59 Å². The van der Waals surface area contributed by atoms with Crippen LogP contribution >= 0.6 is 0 Å². The molecule has 5 rings (SSSR count). The summed E-state index contributed by atoms with van der Waals surface area (Å²) in [7, 11) is 0. The van der Waals surface area contributed by atoms with E-state index in [4.69, 9.17) is 0 Å². The van der Waals surface area contributed by atoms with E-state index in [2.05, 4.69) is 10.6 Å². The van der Waals surface area contributed by atoms with Gasteiger partial charge < -0.3 is 10.6 Å². The van der Waals surface area contributed by atoms with Crippen molar-refractivity contribution >= 4 is 23.2 Å². The van der Waals surface area contributed by atoms with Crippen LogP contribution in [0.3, 0.4) is 0 Å². The third-order valence-electron chi connectivity index (χ3n) is 5.62. The first-order chi connectivity index (χ1) is 17.6. The lowest BCUT2D eigenvalue weighted by molar-refractivity contribution is -0.683. The molecule has 0 aliphatic carbocycles. The molecule has 2 N–H and O–H groups in total. The number of hydrogen-bond donors (Lipinski definition) is 2. The molecule has 8 nitrogen and oxygen atoms in total. The second-order valence-electron chi connectivity index (χ2n) is 8.30. The highest BCUT2D eigenvalue weighted by Crippen LogP contribution is 2.20. The molecule has 2 heterocycles. The highest BCUT2D eigenvalue weighted by atomic mass is 16.2. The van der Waals surface area contributed by atoms with Crippen molar-refractivity contribution in [2.45, 2.75) is 13.1 Å². The molecule has 0 bridgehead atoms. The van der Waals surface area contributed by atoms with Crippen molar-refractivity contribution < 1.29 is 18.7 Å². The van der Waals surface area contributed by atoms with Crippen LogP contribution in [0.4, 0.5) is 11.4 Å². The number of para-hydroxylation sites is 4. The minimum atomic E-state index is -0.193. The monoisotopic (exact) mass is 478 g/mol. The molecular weight excluding hydrogens is 452 g/mol. The zero-order chi connectivity index (χ0) is 24.7. The number of nitrogens with zero attached hydrogens (tertiary/aromatic N) is 4. The number of imidazole rings is 2. The van der Waals surface area contributed by atoms with Gasteiger partial charge in [-0.2, -0.15) is 0 Å². The number of aromatic nitrogens is 4. The highest BCUT2D eigenvalue weighted by molar-refractivity contribution is 5.98. The van der Waals surface area contributed by atoms with E-state index >= 15 is 0 Å². The Morgan fingerprint density at radius 1 is 0.583 bits per heavy atom. The topological polar surface area (TPSA) is 75.8 Å². The van der Waals surface area contributed by atoms with Crippen LogP contribution in [0.2, 0.25) is 0 Å². The maximum Gasteiger partial charge on any atom is 0.266 e. The standard InChI is InChI=1S/C28H24N6O2/c35-27(19-31-15-17-33(21-31)23-9-3-1-4-10-23)29-25-13-7-8-14-26(25)30-28(36)20-32-16-18-34(22-32)24-11-5-2-6-12-24/h1-18,21-22H,19-20H2/p+2. The molecule has 0 fully saturated rings. The fraction of sp³-hybridized carbons (Fsp3) is 0.0714. The number of rotatable bonds is 8. The molecule has 0 aliphatic rings. The lowest BCUT2D eigenvalue weighted by Crippen LogP contribution is -2.39. The van der Waals surface area contributed by atoms with Crippen LogP contribution < -0.4 is 19.8 Å². The van der Waals surface area contributed by atoms with Gasteiger partial charge in [-0.25, -0.2) is 18.3 Å². The van der Waals surface area contributed by atoms with Gasteiger partial charge in [-0.1, -0.05) is 48.5 Å². The van der Waals surface area contributed by atoms with Crippen LogP contribution in [-0.4, -0.2) is 20.9 Å². The number of nitrogens with one attached hydrogen (secondary N) is 2. The number of amides is 2. The van der Waals surface area contributed by atoms with Crippen molar-refractivity contribution in [3.63, 3.8) is 0 Å². The average molecular weight is 479 g/mol. The second-order valence-corrected chi connectivity index (χ2v) is 8.30. The molecule has 0 atom stereocenters. The summed E-state index contributed by atoms with van der Waals surface area (Å²) in [4.78, 5) is 25.5. The van der Waals surface area contributed by atoms with Crippen LogP contribution in [0.25, 0.3) is 11.4 Å². The number of carbonyl (C=O) groups is 2. The van der Waals surface area contributed by atoms with E-state index in [1.165, 1.54) is 0 Å². The molecule has 0 saturated carbocycles. The van der Waals surface area contributed by atoms with Crippen molar-refractivity contribution in [2.75, 3.05) is 10.6 Å². The van der Waals surface area contributed by atoms with Gasteiger partial charge in [0.1, 0.15) is 36.2 Å². The quantitative estimate of drug-likeness (QED) is 0.336. The Labute approximate surface area is 208 Å². The predicted octanol–water partition coefficient (Wildman–Crippen LogP) is 3.12. The summed E-state index contributed by atoms with van der Waals surface area (Å²) in [5.74, 6) is -0.386. The van der Waals surface area contributed by atoms with Gasteiger partial charge >= 0.3 is 0 Å². The Kier molecular flexibility index (Phi) is 6.66. The number of anilines is 2. The van der Waals surface area contributed by atoms with E-state index < -0.39 is 0 Å². The van der Waals surface area contributed by atoms with Gasteiger partial charge in [-0.05, 0) is 36.4 Å². The molecule has 2 amide bonds. The van der Waals surface area contributed by atoms with E-state index in [-0.39, 0.29) is 24.9 Å². The molecule has 8 heteroatoms. The predicted molar refractivity (Wildman–Crippen MR) is 136 cm³/mol. The number of carbonyl (C=O) groups excluding carboxylic acids is 2. The van der Waals surface area contributed by atoms with Crippen LogP contribution in [0.5, 0.6) is 0 Å². The number of benzene rings is 3. The zero-order valence-corrected chi connectivity index (χ0v) is 19.6. The first-order valence-corrected chi connectivity index (χ1v) is 11.6. The summed E-state index contributed by atoms with van der Waals surface area (Å²) >= 11 is 0. The Balaban J connectivity index is 1.20. The van der Waals surface area contributed by atoms with Crippen molar-refractivity contribution in [1.82, 2.24) is 9.13 Å². The van der Waals surface area contributed by atoms with Crippen LogP contribution in [-0.2, 0) is 22.7 Å². The third-order valence-corrected chi connectivity index (χ3v) is 5.62.